The van der Waals surface area contributed by atoms with Gasteiger partial charge in [0, 0.05) is 23.3 Å². The molecule has 0 fully saturated rings. The summed E-state index contributed by atoms with van der Waals surface area (Å²) < 4.78 is 11.4. The number of benzene rings is 2. The van der Waals surface area contributed by atoms with Gasteiger partial charge in [-0.15, -0.1) is 0 Å². The number of rotatable bonds is 8. The smallest absolute Gasteiger partial charge is 0.202 e. The highest BCUT2D eigenvalue weighted by atomic mass is 16.5. The Labute approximate surface area is 198 Å². The molecule has 0 aromatic heterocycles. The first-order valence-corrected chi connectivity index (χ1v) is 11.1. The number of aliphatic hydroxyl groups is 2. The molecule has 0 spiro atoms. The third-order valence-corrected chi connectivity index (χ3v) is 6.16. The van der Waals surface area contributed by atoms with Crippen LogP contribution in [0.5, 0.6) is 28.7 Å². The summed E-state index contributed by atoms with van der Waals surface area (Å²) >= 11 is 0. The van der Waals surface area contributed by atoms with E-state index in [1.165, 1.54) is 25.3 Å². The molecule has 2 aromatic carbocycles. The second-order valence-electron chi connectivity index (χ2n) is 9.47. The molecule has 0 amide bonds. The first-order chi connectivity index (χ1) is 15.8. The minimum Gasteiger partial charge on any atom is -0.508 e. The summed E-state index contributed by atoms with van der Waals surface area (Å²) in [6.45, 7) is 9.33. The minimum atomic E-state index is -1.65. The fraction of sp³-hybridized carbons (Fsp3) is 0.423. The van der Waals surface area contributed by atoms with Crippen LogP contribution in [0, 0.1) is 5.92 Å². The summed E-state index contributed by atoms with van der Waals surface area (Å²) in [5.74, 6) is -1.39. The van der Waals surface area contributed by atoms with Gasteiger partial charge in [0.05, 0.1) is 12.7 Å². The highest BCUT2D eigenvalue weighted by Crippen LogP contribution is 2.48. The third kappa shape index (κ3) is 5.13. The third-order valence-electron chi connectivity index (χ3n) is 6.16. The zero-order valence-electron chi connectivity index (χ0n) is 19.8. The highest BCUT2D eigenvalue weighted by molar-refractivity contribution is 6.06. The number of hydrogen-bond donors (Lipinski definition) is 5. The van der Waals surface area contributed by atoms with Crippen LogP contribution in [0.4, 0.5) is 0 Å². The van der Waals surface area contributed by atoms with Crippen molar-refractivity contribution in [3.05, 3.63) is 53.1 Å². The summed E-state index contributed by atoms with van der Waals surface area (Å²) in [6.07, 6.45) is -1.59. The molecule has 0 bridgehead atoms. The van der Waals surface area contributed by atoms with Gasteiger partial charge in [-0.25, -0.2) is 0 Å². The van der Waals surface area contributed by atoms with Gasteiger partial charge in [0.1, 0.15) is 34.3 Å². The summed E-state index contributed by atoms with van der Waals surface area (Å²) in [5.41, 5.74) is 0.398. The Morgan fingerprint density at radius 1 is 1.21 bits per heavy atom. The SMILES string of the molecule is C=C(C)[C@H](CCC(C)(C)O)Cc1c(O)cc(OC)c2c1O[C@H](c1ccc(O)cc1O)[C@@H](O)C2=O. The van der Waals surface area contributed by atoms with Gasteiger partial charge in [-0.3, -0.25) is 4.79 Å². The van der Waals surface area contributed by atoms with Crippen LogP contribution in [0.25, 0.3) is 0 Å². The van der Waals surface area contributed by atoms with Gasteiger partial charge in [0.15, 0.2) is 12.2 Å². The molecule has 184 valence electrons. The molecule has 2 aromatic rings. The van der Waals surface area contributed by atoms with E-state index in [1.807, 2.05) is 6.92 Å². The molecular weight excluding hydrogens is 440 g/mol. The summed E-state index contributed by atoms with van der Waals surface area (Å²) in [7, 11) is 1.34. The molecule has 0 unspecified atom stereocenters. The van der Waals surface area contributed by atoms with E-state index >= 15 is 0 Å². The van der Waals surface area contributed by atoms with Crippen molar-refractivity contribution in [3.63, 3.8) is 0 Å². The van der Waals surface area contributed by atoms with Gasteiger partial charge in [-0.2, -0.15) is 0 Å². The Bertz CT molecular complexity index is 1100. The quantitative estimate of drug-likeness (QED) is 0.366. The zero-order valence-corrected chi connectivity index (χ0v) is 19.8. The van der Waals surface area contributed by atoms with Crippen molar-refractivity contribution >= 4 is 5.78 Å². The summed E-state index contributed by atoms with van der Waals surface area (Å²) in [5, 5.41) is 51.7. The molecule has 1 aliphatic heterocycles. The number of aliphatic hydroxyl groups excluding tert-OH is 1. The number of methoxy groups -OCH3 is 1. The number of phenolic OH excluding ortho intramolecular Hbond substituents is 3. The number of aromatic hydroxyl groups is 3. The van der Waals surface area contributed by atoms with E-state index in [4.69, 9.17) is 9.47 Å². The molecule has 0 saturated carbocycles. The number of hydrogen-bond acceptors (Lipinski definition) is 8. The van der Waals surface area contributed by atoms with Crippen LogP contribution < -0.4 is 9.47 Å². The Morgan fingerprint density at radius 2 is 1.88 bits per heavy atom. The minimum absolute atomic E-state index is 0.000251. The predicted molar refractivity (Wildman–Crippen MR) is 126 cm³/mol. The van der Waals surface area contributed by atoms with Crippen LogP contribution in [0.2, 0.25) is 0 Å². The van der Waals surface area contributed by atoms with Crippen LogP contribution in [-0.4, -0.2) is 50.1 Å². The average Bonchev–Trinajstić information content (AvgIpc) is 2.73. The first-order valence-electron chi connectivity index (χ1n) is 11.1. The largest absolute Gasteiger partial charge is 0.508 e. The molecule has 8 nitrogen and oxygen atoms in total. The Morgan fingerprint density at radius 3 is 2.44 bits per heavy atom. The van der Waals surface area contributed by atoms with Crippen LogP contribution in [-0.2, 0) is 6.42 Å². The molecule has 0 radical (unpaired) electrons. The van der Waals surface area contributed by atoms with Crippen molar-refractivity contribution in [1.29, 1.82) is 0 Å². The number of carbonyl (C=O) groups is 1. The van der Waals surface area contributed by atoms with Crippen LogP contribution in [0.3, 0.4) is 0 Å². The van der Waals surface area contributed by atoms with Crippen molar-refractivity contribution in [3.8, 4) is 28.7 Å². The second kappa shape index (κ2) is 9.56. The molecule has 3 rings (SSSR count). The maximum atomic E-state index is 13.2. The molecule has 1 aliphatic rings. The fourth-order valence-electron chi connectivity index (χ4n) is 4.16. The maximum Gasteiger partial charge on any atom is 0.202 e. The lowest BCUT2D eigenvalue weighted by Gasteiger charge is -2.33. The van der Waals surface area contributed by atoms with Gasteiger partial charge >= 0.3 is 0 Å². The van der Waals surface area contributed by atoms with Gasteiger partial charge < -0.3 is 35.0 Å². The highest BCUT2D eigenvalue weighted by Gasteiger charge is 2.42. The Balaban J connectivity index is 2.10. The lowest BCUT2D eigenvalue weighted by Crippen LogP contribution is -2.37. The summed E-state index contributed by atoms with van der Waals surface area (Å²) in [6, 6.07) is 5.06. The number of carbonyl (C=O) groups excluding carboxylic acids is 1. The lowest BCUT2D eigenvalue weighted by molar-refractivity contribution is 0.0197. The average molecular weight is 473 g/mol. The molecule has 8 heteroatoms. The molecule has 1 heterocycles. The van der Waals surface area contributed by atoms with E-state index in [1.54, 1.807) is 13.8 Å². The number of phenols is 3. The molecular formula is C26H32O8. The predicted octanol–water partition coefficient (Wildman–Crippen LogP) is 3.78. The Hall–Kier alpha value is -3.23. The fourth-order valence-corrected chi connectivity index (χ4v) is 4.16. The van der Waals surface area contributed by atoms with E-state index in [2.05, 4.69) is 6.58 Å². The van der Waals surface area contributed by atoms with Crippen molar-refractivity contribution in [1.82, 2.24) is 0 Å². The van der Waals surface area contributed by atoms with E-state index in [0.717, 1.165) is 11.6 Å². The Kier molecular flexibility index (Phi) is 7.14. The van der Waals surface area contributed by atoms with Gasteiger partial charge in [-0.05, 0) is 58.1 Å². The maximum absolute atomic E-state index is 13.2. The number of fused-ring (bicyclic) bond motifs is 1. The normalized spacial score (nSPS) is 18.7. The van der Waals surface area contributed by atoms with Gasteiger partial charge in [0.2, 0.25) is 5.78 Å². The molecule has 3 atom stereocenters. The number of ether oxygens (including phenoxy) is 2. The van der Waals surface area contributed by atoms with E-state index in [0.29, 0.717) is 18.4 Å². The van der Waals surface area contributed by atoms with Crippen LogP contribution in [0.15, 0.2) is 36.4 Å². The standard InChI is InChI=1S/C26H32O8/c1-13(2)14(8-9-26(3,4)32)10-17-19(29)12-20(33-5)21-22(30)23(31)25(34-24(17)21)16-7-6-15(27)11-18(16)28/h6-7,11-12,14,23,25,27-29,31-32H,1,8-10H2,2-5H3/t14-,23+,25-/m1/s1. The molecule has 0 aliphatic carbocycles. The first kappa shape index (κ1) is 25.4. The number of allylic oxidation sites excluding steroid dienone is 1. The zero-order chi connectivity index (χ0) is 25.4. The van der Waals surface area contributed by atoms with E-state index in [9.17, 15) is 30.3 Å². The van der Waals surface area contributed by atoms with Crippen molar-refractivity contribution in [2.75, 3.05) is 7.11 Å². The van der Waals surface area contributed by atoms with E-state index < -0.39 is 23.6 Å². The second-order valence-corrected chi connectivity index (χ2v) is 9.47. The monoisotopic (exact) mass is 472 g/mol. The topological polar surface area (TPSA) is 137 Å². The molecule has 5 N–H and O–H groups in total. The van der Waals surface area contributed by atoms with E-state index in [-0.39, 0.29) is 52.2 Å². The van der Waals surface area contributed by atoms with Crippen molar-refractivity contribution in [2.45, 2.75) is 57.8 Å². The lowest BCUT2D eigenvalue weighted by atomic mass is 9.83. The van der Waals surface area contributed by atoms with Gasteiger partial charge in [-0.1, -0.05) is 12.2 Å². The number of ketones is 1. The molecule has 34 heavy (non-hydrogen) atoms. The van der Waals surface area contributed by atoms with Crippen molar-refractivity contribution < 1.29 is 39.8 Å². The van der Waals surface area contributed by atoms with Crippen LogP contribution >= 0.6 is 0 Å². The van der Waals surface area contributed by atoms with Gasteiger partial charge in [0.25, 0.3) is 0 Å². The van der Waals surface area contributed by atoms with Crippen LogP contribution in [0.1, 0.15) is 61.2 Å². The molecule has 0 saturated heterocycles. The summed E-state index contributed by atoms with van der Waals surface area (Å²) in [4.78, 5) is 13.2. The number of Topliss-reactive ketones (excluding diaryl/α,β-unsaturated/α-hetero) is 1. The van der Waals surface area contributed by atoms with Crippen molar-refractivity contribution in [2.24, 2.45) is 5.92 Å².